The molecule has 0 saturated heterocycles. The number of carbonyl (C=O) groups is 2. The van der Waals surface area contributed by atoms with Gasteiger partial charge in [-0.2, -0.15) is 0 Å². The Hall–Kier alpha value is -3.08. The third kappa shape index (κ3) is 5.72. The van der Waals surface area contributed by atoms with Gasteiger partial charge >= 0.3 is 0 Å². The van der Waals surface area contributed by atoms with Crippen LogP contribution in [0.2, 0.25) is 5.02 Å². The summed E-state index contributed by atoms with van der Waals surface area (Å²) in [7, 11) is -2.54. The Morgan fingerprint density at radius 3 is 2.73 bits per heavy atom. The predicted octanol–water partition coefficient (Wildman–Crippen LogP) is 4.47. The molecule has 2 aromatic carbocycles. The van der Waals surface area contributed by atoms with Crippen molar-refractivity contribution in [2.24, 2.45) is 11.8 Å². The van der Waals surface area contributed by atoms with Gasteiger partial charge in [0, 0.05) is 44.1 Å². The van der Waals surface area contributed by atoms with E-state index >= 15 is 0 Å². The molecular formula is C33H40ClN3O6S. The molecule has 1 saturated carbocycles. The number of anilines is 1. The van der Waals surface area contributed by atoms with Crippen molar-refractivity contribution in [3.8, 4) is 5.75 Å². The van der Waals surface area contributed by atoms with E-state index in [0.29, 0.717) is 37.1 Å². The summed E-state index contributed by atoms with van der Waals surface area (Å²) < 4.78 is 41.8. The first-order chi connectivity index (χ1) is 21.0. The van der Waals surface area contributed by atoms with Gasteiger partial charge in [-0.15, -0.1) is 0 Å². The Labute approximate surface area is 264 Å². The van der Waals surface area contributed by atoms with Crippen molar-refractivity contribution >= 4 is 39.1 Å². The highest BCUT2D eigenvalue weighted by atomic mass is 35.5. The molecule has 0 unspecified atom stereocenters. The number of nitrogens with one attached hydrogen (secondary N) is 1. The summed E-state index contributed by atoms with van der Waals surface area (Å²) in [4.78, 5) is 29.2. The van der Waals surface area contributed by atoms with Crippen LogP contribution in [-0.4, -0.2) is 70.6 Å². The lowest BCUT2D eigenvalue weighted by Crippen LogP contribution is -2.50. The zero-order valence-electron chi connectivity index (χ0n) is 25.4. The number of fused-ring (bicyclic) bond motifs is 4. The van der Waals surface area contributed by atoms with E-state index in [1.807, 2.05) is 18.2 Å². The molecule has 1 spiro atoms. The van der Waals surface area contributed by atoms with Crippen LogP contribution in [0.5, 0.6) is 5.75 Å². The molecule has 9 nitrogen and oxygen atoms in total. The number of halogens is 1. The van der Waals surface area contributed by atoms with Crippen LogP contribution in [0, 0.1) is 11.8 Å². The Kier molecular flexibility index (Phi) is 8.45. The Morgan fingerprint density at radius 1 is 1.18 bits per heavy atom. The van der Waals surface area contributed by atoms with Gasteiger partial charge in [0.15, 0.2) is 0 Å². The molecule has 2 aliphatic heterocycles. The molecule has 0 aromatic heterocycles. The first kappa shape index (κ1) is 30.9. The van der Waals surface area contributed by atoms with Crippen LogP contribution in [0.25, 0.3) is 0 Å². The minimum Gasteiger partial charge on any atom is -0.490 e. The SMILES string of the molecule is CO[C@@H]1/C=C/CN(C(C)=O)[C@H](C)C(=O)NS(=O)(=O)c2ccc3c(c2)N(C[C@@H]2CC[C@H]21)C[C@@]1(CCCc2cc(Cl)ccc21)CO3. The standard InChI is InChI=1S/C33H40ClN3O6S/c1-21-32(39)35-44(40,41)26-10-13-31-29(17-26)36(18-24-8-11-27(24)30(42-3)7-5-15-37(21)22(2)38)19-33(20-43-31)14-4-6-23-16-25(34)9-12-28(23)33/h5,7,9-10,12-13,16-17,21,24,27,30H,4,6,8,11,14-15,18-20H2,1-3H3,(H,35,39)/b7-5+/t21-,24+,27-,30-,33+/m1/s1. The second-order valence-electron chi connectivity index (χ2n) is 12.7. The number of amides is 2. The lowest BCUT2D eigenvalue weighted by Gasteiger charge is -2.46. The first-order valence-electron chi connectivity index (χ1n) is 15.4. The van der Waals surface area contributed by atoms with Crippen LogP contribution in [0.3, 0.4) is 0 Å². The number of methoxy groups -OCH3 is 1. The van der Waals surface area contributed by atoms with Crippen molar-refractivity contribution < 1.29 is 27.5 Å². The van der Waals surface area contributed by atoms with Crippen LogP contribution in [0.1, 0.15) is 50.7 Å². The van der Waals surface area contributed by atoms with Gasteiger partial charge < -0.3 is 19.3 Å². The van der Waals surface area contributed by atoms with Gasteiger partial charge in [-0.05, 0) is 92.3 Å². The largest absolute Gasteiger partial charge is 0.490 e. The molecular weight excluding hydrogens is 602 g/mol. The second kappa shape index (κ2) is 12.0. The fourth-order valence-electron chi connectivity index (χ4n) is 7.48. The summed E-state index contributed by atoms with van der Waals surface area (Å²) in [5, 5.41) is 0.720. The van der Waals surface area contributed by atoms with E-state index in [9.17, 15) is 18.0 Å². The van der Waals surface area contributed by atoms with Crippen LogP contribution in [0.15, 0.2) is 53.4 Å². The number of ether oxygens (including phenoxy) is 2. The van der Waals surface area contributed by atoms with E-state index < -0.39 is 22.0 Å². The van der Waals surface area contributed by atoms with Crippen molar-refractivity contribution in [3.63, 3.8) is 0 Å². The summed E-state index contributed by atoms with van der Waals surface area (Å²) in [6, 6.07) is 9.92. The fourth-order valence-corrected chi connectivity index (χ4v) is 8.74. The van der Waals surface area contributed by atoms with Crippen molar-refractivity contribution in [3.05, 3.63) is 64.7 Å². The lowest BCUT2D eigenvalue weighted by molar-refractivity contribution is -0.136. The van der Waals surface area contributed by atoms with E-state index in [1.54, 1.807) is 19.2 Å². The third-order valence-electron chi connectivity index (χ3n) is 10.1. The zero-order valence-corrected chi connectivity index (χ0v) is 27.0. The van der Waals surface area contributed by atoms with E-state index in [0.717, 1.165) is 37.1 Å². The maximum Gasteiger partial charge on any atom is 0.264 e. The molecule has 0 radical (unpaired) electrons. The van der Waals surface area contributed by atoms with Crippen LogP contribution >= 0.6 is 11.6 Å². The summed E-state index contributed by atoms with van der Waals surface area (Å²) in [6.07, 6.45) is 8.59. The zero-order chi connectivity index (χ0) is 31.2. The summed E-state index contributed by atoms with van der Waals surface area (Å²) in [5.74, 6) is 0.0665. The molecule has 6 rings (SSSR count). The Bertz CT molecular complexity index is 1600. The lowest BCUT2D eigenvalue weighted by atomic mass is 9.68. The first-order valence-corrected chi connectivity index (χ1v) is 17.2. The topological polar surface area (TPSA) is 105 Å². The van der Waals surface area contributed by atoms with Gasteiger partial charge in [0.2, 0.25) is 5.91 Å². The molecule has 2 aliphatic carbocycles. The number of rotatable bonds is 1. The molecule has 236 valence electrons. The van der Waals surface area contributed by atoms with Crippen LogP contribution < -0.4 is 14.4 Å². The summed E-state index contributed by atoms with van der Waals surface area (Å²) in [6.45, 7) is 4.88. The summed E-state index contributed by atoms with van der Waals surface area (Å²) in [5.41, 5.74) is 2.87. The molecule has 44 heavy (non-hydrogen) atoms. The fraction of sp³-hybridized carbons (Fsp3) is 0.515. The van der Waals surface area contributed by atoms with Crippen molar-refractivity contribution in [2.45, 2.75) is 68.4 Å². The molecule has 1 N–H and O–H groups in total. The minimum atomic E-state index is -4.24. The van der Waals surface area contributed by atoms with Gasteiger partial charge in [0.05, 0.1) is 23.3 Å². The smallest absolute Gasteiger partial charge is 0.264 e. The summed E-state index contributed by atoms with van der Waals surface area (Å²) >= 11 is 6.40. The normalized spacial score (nSPS) is 30.6. The highest BCUT2D eigenvalue weighted by Gasteiger charge is 2.44. The highest BCUT2D eigenvalue weighted by Crippen LogP contribution is 2.47. The molecule has 2 heterocycles. The Morgan fingerprint density at radius 2 is 2.00 bits per heavy atom. The van der Waals surface area contributed by atoms with Crippen LogP contribution in [0.4, 0.5) is 5.69 Å². The van der Waals surface area contributed by atoms with Gasteiger partial charge in [-0.25, -0.2) is 13.1 Å². The quantitative estimate of drug-likeness (QED) is 0.458. The average Bonchev–Trinajstić information content (AvgIpc) is 3.12. The molecule has 11 heteroatoms. The molecule has 2 bridgehead atoms. The third-order valence-corrected chi connectivity index (χ3v) is 11.6. The van der Waals surface area contributed by atoms with Gasteiger partial charge in [0.1, 0.15) is 11.8 Å². The number of benzene rings is 2. The number of sulfonamides is 1. The minimum absolute atomic E-state index is 0.0292. The monoisotopic (exact) mass is 641 g/mol. The molecule has 4 aliphatic rings. The number of hydrogen-bond acceptors (Lipinski definition) is 7. The molecule has 1 fully saturated rings. The van der Waals surface area contributed by atoms with Gasteiger partial charge in [0.25, 0.3) is 15.9 Å². The maximum absolute atomic E-state index is 13.6. The molecule has 2 aromatic rings. The predicted molar refractivity (Wildman–Crippen MR) is 169 cm³/mol. The van der Waals surface area contributed by atoms with E-state index in [2.05, 4.69) is 21.8 Å². The number of nitrogens with zero attached hydrogens (tertiary/aromatic N) is 2. The van der Waals surface area contributed by atoms with E-state index in [1.165, 1.54) is 35.9 Å². The molecule has 2 amide bonds. The van der Waals surface area contributed by atoms with Gasteiger partial charge in [-0.3, -0.25) is 9.59 Å². The number of carbonyl (C=O) groups excluding carboxylic acids is 2. The Balaban J connectivity index is 1.44. The number of hydrogen-bond donors (Lipinski definition) is 1. The van der Waals surface area contributed by atoms with E-state index in [-0.39, 0.29) is 34.8 Å². The average molecular weight is 642 g/mol. The second-order valence-corrected chi connectivity index (χ2v) is 14.8. The highest BCUT2D eigenvalue weighted by molar-refractivity contribution is 7.90. The number of aryl methyl sites for hydroxylation is 1. The van der Waals surface area contributed by atoms with Crippen molar-refractivity contribution in [1.82, 2.24) is 9.62 Å². The van der Waals surface area contributed by atoms with Crippen LogP contribution in [-0.2, 0) is 36.2 Å². The maximum atomic E-state index is 13.6. The van der Waals surface area contributed by atoms with E-state index in [4.69, 9.17) is 21.1 Å². The van der Waals surface area contributed by atoms with Gasteiger partial charge in [-0.1, -0.05) is 29.8 Å². The molecule has 5 atom stereocenters. The van der Waals surface area contributed by atoms with Crippen molar-refractivity contribution in [1.29, 1.82) is 0 Å². The van der Waals surface area contributed by atoms with Crippen molar-refractivity contribution in [2.75, 3.05) is 38.3 Å².